The summed E-state index contributed by atoms with van der Waals surface area (Å²) in [6.45, 7) is 0.634. The molecular weight excluding hydrogens is 282 g/mol. The number of thiazole rings is 2. The number of hydrogen-bond donors (Lipinski definition) is 1. The Balaban J connectivity index is 2.11. The fraction of sp³-hybridized carbons (Fsp3) is 0.167. The Morgan fingerprint density at radius 1 is 1.22 bits per heavy atom. The zero-order valence-corrected chi connectivity index (χ0v) is 11.9. The van der Waals surface area contributed by atoms with E-state index in [0.717, 1.165) is 22.1 Å². The Kier molecular flexibility index (Phi) is 3.51. The first kappa shape index (κ1) is 12.0. The molecule has 3 heterocycles. The van der Waals surface area contributed by atoms with Gasteiger partial charge in [0.1, 0.15) is 10.7 Å². The van der Waals surface area contributed by atoms with Crippen molar-refractivity contribution in [2.45, 2.75) is 6.42 Å². The molecule has 0 radical (unpaired) electrons. The molecule has 0 unspecified atom stereocenters. The topological polar surface area (TPSA) is 51.8 Å². The third-order valence-electron chi connectivity index (χ3n) is 2.41. The number of aromatic nitrogens is 2. The van der Waals surface area contributed by atoms with Gasteiger partial charge in [0.25, 0.3) is 0 Å². The molecule has 0 saturated carbocycles. The second-order valence-corrected chi connectivity index (χ2v) is 6.56. The summed E-state index contributed by atoms with van der Waals surface area (Å²) >= 11 is 5.09. The van der Waals surface area contributed by atoms with Crippen LogP contribution in [-0.2, 0) is 6.42 Å². The second kappa shape index (κ2) is 5.27. The zero-order valence-electron chi connectivity index (χ0n) is 9.50. The monoisotopic (exact) mass is 293 g/mol. The molecule has 0 spiro atoms. The molecule has 92 valence electrons. The first-order valence-corrected chi connectivity index (χ1v) is 8.09. The van der Waals surface area contributed by atoms with Crippen LogP contribution in [0.15, 0.2) is 29.1 Å². The second-order valence-electron chi connectivity index (χ2n) is 3.64. The molecule has 3 aromatic rings. The molecule has 3 nitrogen and oxygen atoms in total. The molecule has 0 aliphatic rings. The predicted molar refractivity (Wildman–Crippen MR) is 79.3 cm³/mol. The maximum atomic E-state index is 5.61. The summed E-state index contributed by atoms with van der Waals surface area (Å²) in [6.07, 6.45) is 2.65. The fourth-order valence-corrected chi connectivity index (χ4v) is 4.29. The van der Waals surface area contributed by atoms with E-state index in [1.807, 2.05) is 11.6 Å². The lowest BCUT2D eigenvalue weighted by atomic mass is 10.3. The van der Waals surface area contributed by atoms with Crippen LogP contribution in [0.4, 0.5) is 0 Å². The van der Waals surface area contributed by atoms with Crippen molar-refractivity contribution in [3.63, 3.8) is 0 Å². The van der Waals surface area contributed by atoms with Crippen LogP contribution in [0.2, 0.25) is 0 Å². The zero-order chi connectivity index (χ0) is 12.4. The van der Waals surface area contributed by atoms with Crippen LogP contribution in [0.25, 0.3) is 20.5 Å². The summed E-state index contributed by atoms with van der Waals surface area (Å²) in [4.78, 5) is 11.5. The summed E-state index contributed by atoms with van der Waals surface area (Å²) in [7, 11) is 0. The summed E-state index contributed by atoms with van der Waals surface area (Å²) in [5.41, 5.74) is 6.61. The quantitative estimate of drug-likeness (QED) is 0.801. The molecule has 0 atom stereocenters. The van der Waals surface area contributed by atoms with Crippen molar-refractivity contribution in [2.75, 3.05) is 6.54 Å². The van der Waals surface area contributed by atoms with Crippen LogP contribution in [0.3, 0.4) is 0 Å². The van der Waals surface area contributed by atoms with Gasteiger partial charge in [-0.25, -0.2) is 9.97 Å². The lowest BCUT2D eigenvalue weighted by Crippen LogP contribution is -2.01. The molecule has 6 heteroatoms. The Labute approximate surface area is 117 Å². The van der Waals surface area contributed by atoms with Gasteiger partial charge in [0.2, 0.25) is 0 Å². The average molecular weight is 293 g/mol. The lowest BCUT2D eigenvalue weighted by molar-refractivity contribution is 0.954. The van der Waals surface area contributed by atoms with Gasteiger partial charge >= 0.3 is 0 Å². The molecule has 0 aliphatic carbocycles. The van der Waals surface area contributed by atoms with Gasteiger partial charge in [-0.1, -0.05) is 6.07 Å². The first-order chi connectivity index (χ1) is 8.88. The maximum absolute atomic E-state index is 5.61. The molecular formula is C12H11N3S3. The number of thiophene rings is 1. The van der Waals surface area contributed by atoms with Crippen LogP contribution in [0, 0.1) is 0 Å². The van der Waals surface area contributed by atoms with E-state index in [2.05, 4.69) is 22.5 Å². The normalized spacial score (nSPS) is 10.9. The van der Waals surface area contributed by atoms with E-state index < -0.39 is 0 Å². The molecule has 3 rings (SSSR count). The highest BCUT2D eigenvalue weighted by Crippen LogP contribution is 2.39. The number of hydrogen-bond acceptors (Lipinski definition) is 6. The maximum Gasteiger partial charge on any atom is 0.143 e. The minimum absolute atomic E-state index is 0.634. The highest BCUT2D eigenvalue weighted by molar-refractivity contribution is 7.22. The molecule has 3 aromatic heterocycles. The molecule has 18 heavy (non-hydrogen) atoms. The molecule has 0 fully saturated rings. The average Bonchev–Trinajstić information content (AvgIpc) is 3.11. The van der Waals surface area contributed by atoms with Crippen molar-refractivity contribution in [2.24, 2.45) is 5.73 Å². The van der Waals surface area contributed by atoms with Gasteiger partial charge in [0.15, 0.2) is 0 Å². The van der Waals surface area contributed by atoms with Crippen LogP contribution in [0.5, 0.6) is 0 Å². The first-order valence-electron chi connectivity index (χ1n) is 5.52. The SMILES string of the molecule is NCCc1nc(-c2nccs2)c(-c2cccs2)s1. The van der Waals surface area contributed by atoms with Gasteiger partial charge in [-0.15, -0.1) is 34.0 Å². The Hall–Kier alpha value is -1.08. The van der Waals surface area contributed by atoms with E-state index in [0.29, 0.717) is 6.54 Å². The molecule has 0 saturated heterocycles. The van der Waals surface area contributed by atoms with Gasteiger partial charge in [-0.05, 0) is 18.0 Å². The Morgan fingerprint density at radius 3 is 2.83 bits per heavy atom. The minimum atomic E-state index is 0.634. The smallest absolute Gasteiger partial charge is 0.143 e. The minimum Gasteiger partial charge on any atom is -0.330 e. The van der Waals surface area contributed by atoms with E-state index in [1.54, 1.807) is 34.0 Å². The van der Waals surface area contributed by atoms with Crippen molar-refractivity contribution in [3.8, 4) is 20.5 Å². The molecule has 0 aliphatic heterocycles. The van der Waals surface area contributed by atoms with Gasteiger partial charge in [-0.3, -0.25) is 0 Å². The number of rotatable bonds is 4. The van der Waals surface area contributed by atoms with Crippen molar-refractivity contribution in [3.05, 3.63) is 34.1 Å². The number of nitrogens with two attached hydrogens (primary N) is 1. The summed E-state index contributed by atoms with van der Waals surface area (Å²) in [5.74, 6) is 0. The summed E-state index contributed by atoms with van der Waals surface area (Å²) in [5, 5.41) is 6.14. The lowest BCUT2D eigenvalue weighted by Gasteiger charge is -1.94. The fourth-order valence-electron chi connectivity index (χ4n) is 1.65. The standard InChI is InChI=1S/C12H11N3S3/c13-4-3-9-15-10(12-14-5-7-17-12)11(18-9)8-2-1-6-16-8/h1-2,5-7H,3-4,13H2. The van der Waals surface area contributed by atoms with E-state index >= 15 is 0 Å². The Bertz CT molecular complexity index is 559. The van der Waals surface area contributed by atoms with Crippen molar-refractivity contribution in [1.29, 1.82) is 0 Å². The molecule has 2 N–H and O–H groups in total. The molecule has 0 aromatic carbocycles. The Morgan fingerprint density at radius 2 is 2.17 bits per heavy atom. The van der Waals surface area contributed by atoms with Crippen molar-refractivity contribution < 1.29 is 0 Å². The van der Waals surface area contributed by atoms with Crippen LogP contribution < -0.4 is 5.73 Å². The highest BCUT2D eigenvalue weighted by Gasteiger charge is 2.16. The largest absolute Gasteiger partial charge is 0.330 e. The third-order valence-corrected chi connectivity index (χ3v) is 5.35. The molecule has 0 bridgehead atoms. The summed E-state index contributed by atoms with van der Waals surface area (Å²) in [6, 6.07) is 4.19. The van der Waals surface area contributed by atoms with E-state index in [9.17, 15) is 0 Å². The third kappa shape index (κ3) is 2.24. The van der Waals surface area contributed by atoms with Gasteiger partial charge in [0.05, 0.1) is 9.88 Å². The highest BCUT2D eigenvalue weighted by atomic mass is 32.1. The van der Waals surface area contributed by atoms with Crippen molar-refractivity contribution >= 4 is 34.0 Å². The van der Waals surface area contributed by atoms with Gasteiger partial charge in [-0.2, -0.15) is 0 Å². The predicted octanol–water partition coefficient (Wildman–Crippen LogP) is 3.50. The van der Waals surface area contributed by atoms with Gasteiger partial charge < -0.3 is 5.73 Å². The number of nitrogens with zero attached hydrogens (tertiary/aromatic N) is 2. The van der Waals surface area contributed by atoms with Crippen LogP contribution in [0.1, 0.15) is 5.01 Å². The van der Waals surface area contributed by atoms with Crippen molar-refractivity contribution in [1.82, 2.24) is 9.97 Å². The van der Waals surface area contributed by atoms with Crippen LogP contribution >= 0.6 is 34.0 Å². The molecule has 0 amide bonds. The van der Waals surface area contributed by atoms with E-state index in [1.165, 1.54) is 9.75 Å². The summed E-state index contributed by atoms with van der Waals surface area (Å²) < 4.78 is 0. The van der Waals surface area contributed by atoms with E-state index in [-0.39, 0.29) is 0 Å². The van der Waals surface area contributed by atoms with Gasteiger partial charge in [0, 0.05) is 22.9 Å². The van der Waals surface area contributed by atoms with E-state index in [4.69, 9.17) is 10.7 Å². The van der Waals surface area contributed by atoms with Crippen LogP contribution in [-0.4, -0.2) is 16.5 Å².